The molecule has 3 aliphatic carbocycles. The van der Waals surface area contributed by atoms with Crippen LogP contribution in [0, 0.1) is 16.2 Å². The molecule has 22 heavy (non-hydrogen) atoms. The Morgan fingerprint density at radius 1 is 1.27 bits per heavy atom. The molecule has 0 aliphatic heterocycles. The Kier molecular flexibility index (Phi) is 3.01. The van der Waals surface area contributed by atoms with Crippen LogP contribution in [0.2, 0.25) is 0 Å². The Balaban J connectivity index is 1.77. The molecule has 0 radical (unpaired) electrons. The van der Waals surface area contributed by atoms with Crippen molar-refractivity contribution >= 4 is 5.69 Å². The Hall–Kier alpha value is -1.26. The van der Waals surface area contributed by atoms with E-state index in [1.54, 1.807) is 0 Å². The van der Waals surface area contributed by atoms with Gasteiger partial charge in [0.1, 0.15) is 5.69 Å². The van der Waals surface area contributed by atoms with Crippen molar-refractivity contribution in [3.05, 3.63) is 34.2 Å². The van der Waals surface area contributed by atoms with Gasteiger partial charge in [0.05, 0.1) is 6.10 Å². The standard InChI is InChI=1S/C18H24N2O2/c1-17-8-7-14-13-3-2-12(20-22)10-11(13)6-9-18(14,19)15(17)4-5-16(17)21/h2-3,10,14-16,21H,4-9,19H2,1H3/t14-,15-,16?,17?,18?/m1/s1. The van der Waals surface area contributed by atoms with Crippen molar-refractivity contribution in [2.45, 2.75) is 63.0 Å². The third kappa shape index (κ3) is 1.71. The fourth-order valence-corrected chi connectivity index (χ4v) is 5.76. The van der Waals surface area contributed by atoms with Gasteiger partial charge in [0, 0.05) is 11.5 Å². The summed E-state index contributed by atoms with van der Waals surface area (Å²) in [6.45, 7) is 2.23. The van der Waals surface area contributed by atoms with E-state index >= 15 is 0 Å². The molecular formula is C18H24N2O2. The zero-order valence-electron chi connectivity index (χ0n) is 13.1. The van der Waals surface area contributed by atoms with Gasteiger partial charge in [0.25, 0.3) is 0 Å². The highest BCUT2D eigenvalue weighted by atomic mass is 16.3. The first-order valence-electron chi connectivity index (χ1n) is 8.42. The Bertz CT molecular complexity index is 632. The first-order valence-corrected chi connectivity index (χ1v) is 8.42. The number of nitroso groups, excluding NO2 is 1. The van der Waals surface area contributed by atoms with E-state index in [1.807, 2.05) is 12.1 Å². The van der Waals surface area contributed by atoms with Crippen LogP contribution in [0.1, 0.15) is 56.1 Å². The summed E-state index contributed by atoms with van der Waals surface area (Å²) < 4.78 is 0. The Morgan fingerprint density at radius 3 is 2.86 bits per heavy atom. The lowest BCUT2D eigenvalue weighted by molar-refractivity contribution is -0.0349. The van der Waals surface area contributed by atoms with Gasteiger partial charge in [-0.3, -0.25) is 0 Å². The number of benzene rings is 1. The van der Waals surface area contributed by atoms with Crippen LogP contribution in [-0.2, 0) is 6.42 Å². The molecule has 4 rings (SSSR count). The molecule has 0 heterocycles. The first-order chi connectivity index (χ1) is 10.5. The van der Waals surface area contributed by atoms with Gasteiger partial charge in [-0.2, -0.15) is 0 Å². The fourth-order valence-electron chi connectivity index (χ4n) is 5.76. The van der Waals surface area contributed by atoms with Crippen LogP contribution in [0.4, 0.5) is 5.69 Å². The molecule has 0 aromatic heterocycles. The quantitative estimate of drug-likeness (QED) is 0.781. The number of hydrogen-bond donors (Lipinski definition) is 2. The minimum absolute atomic E-state index is 0.0208. The summed E-state index contributed by atoms with van der Waals surface area (Å²) in [6, 6.07) is 5.81. The highest BCUT2D eigenvalue weighted by Gasteiger charge is 2.60. The maximum absolute atomic E-state index is 10.8. The second-order valence-electron chi connectivity index (χ2n) is 7.83. The summed E-state index contributed by atoms with van der Waals surface area (Å²) in [5, 5.41) is 13.5. The summed E-state index contributed by atoms with van der Waals surface area (Å²) in [5.41, 5.74) is 9.82. The minimum atomic E-state index is -0.215. The molecule has 3 N–H and O–H groups in total. The van der Waals surface area contributed by atoms with Crippen molar-refractivity contribution in [1.29, 1.82) is 0 Å². The highest BCUT2D eigenvalue weighted by molar-refractivity contribution is 5.48. The predicted octanol–water partition coefficient (Wildman–Crippen LogP) is 3.38. The van der Waals surface area contributed by atoms with E-state index in [9.17, 15) is 10.0 Å². The van der Waals surface area contributed by atoms with Gasteiger partial charge in [0.15, 0.2) is 0 Å². The van der Waals surface area contributed by atoms with Crippen molar-refractivity contribution in [2.24, 2.45) is 22.2 Å². The first kappa shape index (κ1) is 14.3. The van der Waals surface area contributed by atoms with E-state index in [4.69, 9.17) is 5.73 Å². The largest absolute Gasteiger partial charge is 0.393 e. The third-order valence-electron chi connectivity index (χ3n) is 6.99. The van der Waals surface area contributed by atoms with Crippen LogP contribution in [0.3, 0.4) is 0 Å². The van der Waals surface area contributed by atoms with E-state index in [-0.39, 0.29) is 17.1 Å². The summed E-state index contributed by atoms with van der Waals surface area (Å²) in [5.74, 6) is 0.742. The van der Waals surface area contributed by atoms with Gasteiger partial charge in [-0.25, -0.2) is 0 Å². The van der Waals surface area contributed by atoms with Gasteiger partial charge in [0.2, 0.25) is 0 Å². The Labute approximate surface area is 131 Å². The zero-order valence-corrected chi connectivity index (χ0v) is 13.1. The molecule has 118 valence electrons. The number of nitrogens with two attached hydrogens (primary N) is 1. The summed E-state index contributed by atoms with van der Waals surface area (Å²) in [4.78, 5) is 10.8. The van der Waals surface area contributed by atoms with Crippen molar-refractivity contribution in [2.75, 3.05) is 0 Å². The molecule has 0 saturated heterocycles. The van der Waals surface area contributed by atoms with Gasteiger partial charge in [-0.1, -0.05) is 13.0 Å². The molecule has 2 saturated carbocycles. The summed E-state index contributed by atoms with van der Waals surface area (Å²) >= 11 is 0. The predicted molar refractivity (Wildman–Crippen MR) is 85.9 cm³/mol. The van der Waals surface area contributed by atoms with Gasteiger partial charge < -0.3 is 10.8 Å². The molecule has 3 unspecified atom stereocenters. The maximum Gasteiger partial charge on any atom is 0.108 e. The number of fused-ring (bicyclic) bond motifs is 5. The van der Waals surface area contributed by atoms with Gasteiger partial charge >= 0.3 is 0 Å². The zero-order chi connectivity index (χ0) is 15.5. The molecule has 2 fully saturated rings. The van der Waals surface area contributed by atoms with Crippen LogP contribution in [0.15, 0.2) is 23.4 Å². The van der Waals surface area contributed by atoms with Crippen LogP contribution in [-0.4, -0.2) is 16.7 Å². The van der Waals surface area contributed by atoms with Gasteiger partial charge in [-0.15, -0.1) is 4.91 Å². The van der Waals surface area contributed by atoms with Crippen molar-refractivity contribution in [3.8, 4) is 0 Å². The minimum Gasteiger partial charge on any atom is -0.393 e. The fraction of sp³-hybridized carbons (Fsp3) is 0.667. The van der Waals surface area contributed by atoms with E-state index in [0.717, 1.165) is 38.5 Å². The number of aliphatic hydroxyl groups excluding tert-OH is 1. The molecule has 1 aromatic carbocycles. The molecule has 0 bridgehead atoms. The summed E-state index contributed by atoms with van der Waals surface area (Å²) in [6.07, 6.45) is 5.63. The van der Waals surface area contributed by atoms with E-state index in [0.29, 0.717) is 17.5 Å². The second kappa shape index (κ2) is 4.62. The average Bonchev–Trinajstić information content (AvgIpc) is 2.83. The van der Waals surface area contributed by atoms with Crippen LogP contribution < -0.4 is 5.73 Å². The molecule has 0 spiro atoms. The molecule has 4 heteroatoms. The molecule has 1 aromatic rings. The lowest BCUT2D eigenvalue weighted by Crippen LogP contribution is -2.61. The lowest BCUT2D eigenvalue weighted by Gasteiger charge is -2.56. The summed E-state index contributed by atoms with van der Waals surface area (Å²) in [7, 11) is 0. The topological polar surface area (TPSA) is 75.7 Å². The van der Waals surface area contributed by atoms with Crippen LogP contribution in [0.25, 0.3) is 0 Å². The van der Waals surface area contributed by atoms with Crippen LogP contribution in [0.5, 0.6) is 0 Å². The normalized spacial score (nSPS) is 43.1. The number of nitrogens with zero attached hydrogens (tertiary/aromatic N) is 1. The van der Waals surface area contributed by atoms with Crippen LogP contribution >= 0.6 is 0 Å². The van der Waals surface area contributed by atoms with Crippen molar-refractivity contribution in [1.82, 2.24) is 0 Å². The number of aryl methyl sites for hydroxylation is 1. The molecule has 5 atom stereocenters. The second-order valence-corrected chi connectivity index (χ2v) is 7.83. The van der Waals surface area contributed by atoms with Gasteiger partial charge in [-0.05, 0) is 78.3 Å². The number of hydrogen-bond acceptors (Lipinski definition) is 4. The number of aliphatic hydroxyl groups is 1. The number of rotatable bonds is 1. The van der Waals surface area contributed by atoms with E-state index in [2.05, 4.69) is 18.2 Å². The van der Waals surface area contributed by atoms with E-state index < -0.39 is 0 Å². The SMILES string of the molecule is CC12CC[C@@H]3c4ccc(N=O)cc4CCC3(N)[C@@H]1CCC2O. The highest BCUT2D eigenvalue weighted by Crippen LogP contribution is 2.61. The molecule has 0 amide bonds. The average molecular weight is 300 g/mol. The maximum atomic E-state index is 10.8. The van der Waals surface area contributed by atoms with Crippen molar-refractivity contribution < 1.29 is 5.11 Å². The lowest BCUT2D eigenvalue weighted by atomic mass is 9.51. The van der Waals surface area contributed by atoms with Crippen molar-refractivity contribution in [3.63, 3.8) is 0 Å². The third-order valence-corrected chi connectivity index (χ3v) is 6.99. The monoisotopic (exact) mass is 300 g/mol. The smallest absolute Gasteiger partial charge is 0.108 e. The molecule has 4 nitrogen and oxygen atoms in total. The molecular weight excluding hydrogens is 276 g/mol. The molecule has 3 aliphatic rings. The van der Waals surface area contributed by atoms with E-state index in [1.165, 1.54) is 11.1 Å². The Morgan fingerprint density at radius 2 is 2.09 bits per heavy atom.